The molecule has 1 N–H and O–H groups in total. The monoisotopic (exact) mass is 275 g/mol. The maximum Gasteiger partial charge on any atom is 0.487 e. The Morgan fingerprint density at radius 1 is 1.25 bits per heavy atom. The van der Waals surface area contributed by atoms with Gasteiger partial charge in [0.1, 0.15) is 0 Å². The predicted molar refractivity (Wildman–Crippen MR) is 80.1 cm³/mol. The maximum absolute atomic E-state index is 8.95. The Morgan fingerprint density at radius 2 is 1.90 bits per heavy atom. The van der Waals surface area contributed by atoms with Crippen LogP contribution in [0, 0.1) is 0 Å². The fourth-order valence-electron chi connectivity index (χ4n) is 2.01. The number of hydrogen-bond acceptors (Lipinski definition) is 4. The van der Waals surface area contributed by atoms with Crippen LogP contribution in [0.25, 0.3) is 6.08 Å². The van der Waals surface area contributed by atoms with Gasteiger partial charge in [0, 0.05) is 12.8 Å². The lowest BCUT2D eigenvalue weighted by molar-refractivity contribution is 0.00578. The summed E-state index contributed by atoms with van der Waals surface area (Å²) in [5.41, 5.74) is 1.25. The van der Waals surface area contributed by atoms with Crippen molar-refractivity contribution in [3.8, 4) is 0 Å². The number of aliphatic hydroxyl groups is 1. The first-order valence-electron chi connectivity index (χ1n) is 6.94. The minimum Gasteiger partial charge on any atom is -0.400 e. The summed E-state index contributed by atoms with van der Waals surface area (Å²) in [6.45, 7) is 8.26. The van der Waals surface area contributed by atoms with Crippen LogP contribution < -0.4 is 0 Å². The van der Waals surface area contributed by atoms with Crippen molar-refractivity contribution in [3.05, 3.63) is 35.6 Å². The van der Waals surface area contributed by atoms with Crippen molar-refractivity contribution >= 4 is 13.2 Å². The highest BCUT2D eigenvalue weighted by Crippen LogP contribution is 2.36. The maximum atomic E-state index is 8.95. The third-order valence-electron chi connectivity index (χ3n) is 3.94. The zero-order valence-electron chi connectivity index (χ0n) is 12.6. The zero-order valence-corrected chi connectivity index (χ0v) is 12.6. The van der Waals surface area contributed by atoms with E-state index in [-0.39, 0.29) is 24.9 Å². The SMILES string of the molecule is CC1(C)OB(/C=C/c2cc(CCO)ccn2)OC1(C)C. The second-order valence-electron chi connectivity index (χ2n) is 6.05. The van der Waals surface area contributed by atoms with Gasteiger partial charge in [0.25, 0.3) is 0 Å². The molecule has 1 saturated heterocycles. The van der Waals surface area contributed by atoms with Gasteiger partial charge in [0.05, 0.1) is 16.9 Å². The summed E-state index contributed by atoms with van der Waals surface area (Å²) in [5.74, 6) is 1.88. The molecule has 0 aliphatic carbocycles. The lowest BCUT2D eigenvalue weighted by atomic mass is 9.89. The first-order chi connectivity index (χ1) is 9.34. The Kier molecular flexibility index (Phi) is 4.32. The minimum atomic E-state index is -0.358. The molecule has 2 heterocycles. The number of aliphatic hydroxyl groups excluding tert-OH is 1. The smallest absolute Gasteiger partial charge is 0.400 e. The predicted octanol–water partition coefficient (Wildman–Crippen LogP) is 2.26. The van der Waals surface area contributed by atoms with E-state index in [1.54, 1.807) is 6.20 Å². The second-order valence-corrected chi connectivity index (χ2v) is 6.05. The quantitative estimate of drug-likeness (QED) is 0.856. The van der Waals surface area contributed by atoms with Gasteiger partial charge in [0.2, 0.25) is 0 Å². The van der Waals surface area contributed by atoms with Crippen LogP contribution in [0.5, 0.6) is 0 Å². The summed E-state index contributed by atoms with van der Waals surface area (Å²) < 4.78 is 11.8. The Balaban J connectivity index is 2.06. The van der Waals surface area contributed by atoms with Crippen LogP contribution in [0.1, 0.15) is 39.0 Å². The highest BCUT2D eigenvalue weighted by atomic mass is 16.7. The van der Waals surface area contributed by atoms with E-state index in [0.717, 1.165) is 11.3 Å². The van der Waals surface area contributed by atoms with Crippen LogP contribution in [0.2, 0.25) is 0 Å². The van der Waals surface area contributed by atoms with Crippen molar-refractivity contribution in [3.63, 3.8) is 0 Å². The molecule has 20 heavy (non-hydrogen) atoms. The van der Waals surface area contributed by atoms with Gasteiger partial charge in [-0.3, -0.25) is 4.98 Å². The van der Waals surface area contributed by atoms with Crippen molar-refractivity contribution < 1.29 is 14.4 Å². The fraction of sp³-hybridized carbons (Fsp3) is 0.533. The van der Waals surface area contributed by atoms with Crippen molar-refractivity contribution in [2.24, 2.45) is 0 Å². The minimum absolute atomic E-state index is 0.143. The molecule has 0 spiro atoms. The Morgan fingerprint density at radius 3 is 2.50 bits per heavy atom. The van der Waals surface area contributed by atoms with Gasteiger partial charge in [-0.05, 0) is 57.9 Å². The van der Waals surface area contributed by atoms with E-state index in [4.69, 9.17) is 14.4 Å². The standard InChI is InChI=1S/C15H22BNO3/c1-14(2)15(3,4)20-16(19-14)8-5-13-11-12(7-10-18)6-9-17-13/h5-6,8-9,11,18H,7,10H2,1-4H3/b8-5+. The van der Waals surface area contributed by atoms with Crippen LogP contribution in [0.15, 0.2) is 24.3 Å². The molecule has 2 rings (SSSR count). The highest BCUT2D eigenvalue weighted by Gasteiger charge is 2.49. The average molecular weight is 275 g/mol. The molecule has 4 nitrogen and oxygen atoms in total. The van der Waals surface area contributed by atoms with Crippen molar-refractivity contribution in [1.29, 1.82) is 0 Å². The summed E-state index contributed by atoms with van der Waals surface area (Å²) in [7, 11) is -0.358. The van der Waals surface area contributed by atoms with Crippen LogP contribution in [0.4, 0.5) is 0 Å². The topological polar surface area (TPSA) is 51.6 Å². The van der Waals surface area contributed by atoms with Crippen molar-refractivity contribution in [1.82, 2.24) is 4.98 Å². The second kappa shape index (κ2) is 5.68. The van der Waals surface area contributed by atoms with E-state index in [9.17, 15) is 0 Å². The molecule has 0 unspecified atom stereocenters. The average Bonchev–Trinajstić information content (AvgIpc) is 2.56. The molecule has 1 aliphatic heterocycles. The summed E-state index contributed by atoms with van der Waals surface area (Å²) in [5, 5.41) is 8.95. The van der Waals surface area contributed by atoms with E-state index in [1.807, 2.05) is 51.9 Å². The first-order valence-corrected chi connectivity index (χ1v) is 6.94. The van der Waals surface area contributed by atoms with Gasteiger partial charge < -0.3 is 14.4 Å². The normalized spacial score (nSPS) is 20.8. The molecule has 0 aromatic carbocycles. The van der Waals surface area contributed by atoms with Gasteiger partial charge in [0.15, 0.2) is 0 Å². The third-order valence-corrected chi connectivity index (χ3v) is 3.94. The molecule has 0 radical (unpaired) electrons. The van der Waals surface area contributed by atoms with Crippen LogP contribution in [-0.2, 0) is 15.7 Å². The van der Waals surface area contributed by atoms with E-state index < -0.39 is 0 Å². The van der Waals surface area contributed by atoms with Crippen molar-refractivity contribution in [2.45, 2.75) is 45.3 Å². The van der Waals surface area contributed by atoms with Gasteiger partial charge in [-0.25, -0.2) is 0 Å². The number of hydrogen-bond donors (Lipinski definition) is 1. The summed E-state index contributed by atoms with van der Waals surface area (Å²) >= 11 is 0. The van der Waals surface area contributed by atoms with Gasteiger partial charge in [-0.2, -0.15) is 0 Å². The van der Waals surface area contributed by atoms with E-state index in [1.165, 1.54) is 0 Å². The molecule has 1 aromatic heterocycles. The molecule has 0 saturated carbocycles. The van der Waals surface area contributed by atoms with Gasteiger partial charge in [-0.15, -0.1) is 0 Å². The van der Waals surface area contributed by atoms with Crippen molar-refractivity contribution in [2.75, 3.05) is 6.61 Å². The summed E-state index contributed by atoms with van der Waals surface area (Å²) in [6.07, 6.45) is 4.28. The largest absolute Gasteiger partial charge is 0.487 e. The first kappa shape index (κ1) is 15.2. The van der Waals surface area contributed by atoms with Gasteiger partial charge >= 0.3 is 7.12 Å². The van der Waals surface area contributed by atoms with Crippen LogP contribution in [-0.4, -0.2) is 35.0 Å². The highest BCUT2D eigenvalue weighted by molar-refractivity contribution is 6.52. The Labute approximate surface area is 121 Å². The van der Waals surface area contributed by atoms with Crippen LogP contribution in [0.3, 0.4) is 0 Å². The Hall–Kier alpha value is -1.17. The lowest BCUT2D eigenvalue weighted by Gasteiger charge is -2.32. The molecule has 5 heteroatoms. The molecule has 108 valence electrons. The van der Waals surface area contributed by atoms with E-state index in [2.05, 4.69) is 4.98 Å². The molecule has 0 bridgehead atoms. The third kappa shape index (κ3) is 3.29. The molecule has 1 aliphatic rings. The molecule has 0 amide bonds. The number of nitrogens with zero attached hydrogens (tertiary/aromatic N) is 1. The summed E-state index contributed by atoms with van der Waals surface area (Å²) in [6, 6.07) is 3.86. The lowest BCUT2D eigenvalue weighted by Crippen LogP contribution is -2.41. The zero-order chi connectivity index (χ0) is 14.8. The van der Waals surface area contributed by atoms with E-state index in [0.29, 0.717) is 6.42 Å². The molecule has 1 fully saturated rings. The number of rotatable bonds is 4. The molecule has 0 atom stereocenters. The van der Waals surface area contributed by atoms with E-state index >= 15 is 0 Å². The molecule has 1 aromatic rings. The number of aromatic nitrogens is 1. The fourth-order valence-corrected chi connectivity index (χ4v) is 2.01. The molecular formula is C15H22BNO3. The van der Waals surface area contributed by atoms with Gasteiger partial charge in [-0.1, -0.05) is 5.98 Å². The molecular weight excluding hydrogens is 253 g/mol. The number of pyridine rings is 1. The Bertz CT molecular complexity index is 484. The summed E-state index contributed by atoms with van der Waals surface area (Å²) in [4.78, 5) is 4.28. The van der Waals surface area contributed by atoms with Crippen LogP contribution >= 0.6 is 0 Å².